The molecule has 0 bridgehead atoms. The van der Waals surface area contributed by atoms with Gasteiger partial charge in [0.05, 0.1) is 12.4 Å². The van der Waals surface area contributed by atoms with Crippen LogP contribution in [-0.4, -0.2) is 40.4 Å². The first kappa shape index (κ1) is 23.0. The lowest BCUT2D eigenvalue weighted by molar-refractivity contribution is -0.139. The lowest BCUT2D eigenvalue weighted by Crippen LogP contribution is -2.36. The minimum absolute atomic E-state index is 0.0921. The van der Waals surface area contributed by atoms with E-state index < -0.39 is 6.04 Å². The number of thiocarbonyl (C=S) groups is 1. The fourth-order valence-electron chi connectivity index (χ4n) is 2.73. The standard InChI is InChI=1S/C22H19ClN2O4S2/c23-17-4-2-1-3-14(17)7-10-19(26)15-5-8-16(9-6-15)24-20(27)13-31-22(30)25-18-11-12-29-21(18)28/h1-10,18H,11-13H2,(H,24,27)(H,25,30)/b10-7+/t18-/m0/s1. The first-order valence-electron chi connectivity index (χ1n) is 9.39. The van der Waals surface area contributed by atoms with Gasteiger partial charge in [-0.15, -0.1) is 0 Å². The zero-order valence-electron chi connectivity index (χ0n) is 16.3. The molecular formula is C22H19ClN2O4S2. The van der Waals surface area contributed by atoms with Gasteiger partial charge in [-0.05, 0) is 48.0 Å². The molecule has 1 amide bonds. The van der Waals surface area contributed by atoms with Gasteiger partial charge in [-0.3, -0.25) is 9.59 Å². The summed E-state index contributed by atoms with van der Waals surface area (Å²) in [7, 11) is 0. The molecule has 6 nitrogen and oxygen atoms in total. The van der Waals surface area contributed by atoms with E-state index in [9.17, 15) is 14.4 Å². The number of anilines is 1. The number of amides is 1. The number of thioether (sulfide) groups is 1. The van der Waals surface area contributed by atoms with Crippen LogP contribution >= 0.6 is 35.6 Å². The van der Waals surface area contributed by atoms with Crippen molar-refractivity contribution in [1.82, 2.24) is 5.32 Å². The number of benzene rings is 2. The van der Waals surface area contributed by atoms with Gasteiger partial charge in [0, 0.05) is 22.7 Å². The fraction of sp³-hybridized carbons (Fsp3) is 0.182. The minimum Gasteiger partial charge on any atom is -0.464 e. The third-order valence-electron chi connectivity index (χ3n) is 4.33. The average Bonchev–Trinajstić information content (AvgIpc) is 3.16. The van der Waals surface area contributed by atoms with Crippen LogP contribution in [0.4, 0.5) is 5.69 Å². The van der Waals surface area contributed by atoms with Crippen LogP contribution in [-0.2, 0) is 14.3 Å². The first-order valence-corrected chi connectivity index (χ1v) is 11.2. The van der Waals surface area contributed by atoms with E-state index in [2.05, 4.69) is 10.6 Å². The van der Waals surface area contributed by atoms with Crippen LogP contribution in [0.3, 0.4) is 0 Å². The molecule has 1 atom stereocenters. The number of halogens is 1. The number of nitrogens with one attached hydrogen (secondary N) is 2. The molecule has 9 heteroatoms. The molecule has 0 radical (unpaired) electrons. The number of esters is 1. The lowest BCUT2D eigenvalue weighted by Gasteiger charge is -2.11. The Hall–Kier alpha value is -2.68. The van der Waals surface area contributed by atoms with Crippen LogP contribution in [0.2, 0.25) is 5.02 Å². The second kappa shape index (κ2) is 11.1. The van der Waals surface area contributed by atoms with E-state index in [4.69, 9.17) is 28.6 Å². The molecule has 0 aromatic heterocycles. The quantitative estimate of drug-likeness (QED) is 0.270. The molecule has 2 N–H and O–H groups in total. The smallest absolute Gasteiger partial charge is 0.328 e. The average molecular weight is 475 g/mol. The van der Waals surface area contributed by atoms with Crippen molar-refractivity contribution in [3.63, 3.8) is 0 Å². The SMILES string of the molecule is O=C(CSC(=S)N[C@H]1CCOC1=O)Nc1ccc(C(=O)/C=C/c2ccccc2Cl)cc1. The van der Waals surface area contributed by atoms with Gasteiger partial charge in [0.1, 0.15) is 10.4 Å². The van der Waals surface area contributed by atoms with E-state index in [-0.39, 0.29) is 23.4 Å². The zero-order valence-corrected chi connectivity index (χ0v) is 18.7. The molecule has 1 saturated heterocycles. The number of hydrogen-bond donors (Lipinski definition) is 2. The molecule has 0 spiro atoms. The summed E-state index contributed by atoms with van der Waals surface area (Å²) < 4.78 is 5.22. The van der Waals surface area contributed by atoms with E-state index >= 15 is 0 Å². The molecule has 31 heavy (non-hydrogen) atoms. The molecule has 1 aliphatic rings. The van der Waals surface area contributed by atoms with Crippen LogP contribution in [0.5, 0.6) is 0 Å². The Labute approximate surface area is 194 Å². The molecule has 0 unspecified atom stereocenters. The zero-order chi connectivity index (χ0) is 22.2. The predicted octanol–water partition coefficient (Wildman–Crippen LogP) is 4.10. The van der Waals surface area contributed by atoms with Crippen molar-refractivity contribution in [3.05, 3.63) is 70.8 Å². The maximum absolute atomic E-state index is 12.3. The summed E-state index contributed by atoms with van der Waals surface area (Å²) in [6, 6.07) is 13.4. The van der Waals surface area contributed by atoms with Crippen molar-refractivity contribution in [2.75, 3.05) is 17.7 Å². The van der Waals surface area contributed by atoms with E-state index in [1.807, 2.05) is 18.2 Å². The van der Waals surface area contributed by atoms with Gasteiger partial charge < -0.3 is 15.4 Å². The number of cyclic esters (lactones) is 1. The number of ketones is 1. The summed E-state index contributed by atoms with van der Waals surface area (Å²) in [6.45, 7) is 0.374. The number of carbonyl (C=O) groups excluding carboxylic acids is 3. The van der Waals surface area contributed by atoms with E-state index in [0.29, 0.717) is 33.6 Å². The van der Waals surface area contributed by atoms with Gasteiger partial charge in [-0.25, -0.2) is 4.79 Å². The summed E-state index contributed by atoms with van der Waals surface area (Å²) >= 11 is 12.4. The highest BCUT2D eigenvalue weighted by Gasteiger charge is 2.27. The predicted molar refractivity (Wildman–Crippen MR) is 127 cm³/mol. The van der Waals surface area contributed by atoms with Crippen LogP contribution < -0.4 is 10.6 Å². The number of ether oxygens (including phenoxy) is 1. The molecule has 1 aliphatic heterocycles. The van der Waals surface area contributed by atoms with Crippen molar-refractivity contribution < 1.29 is 19.1 Å². The molecular weight excluding hydrogens is 456 g/mol. The topological polar surface area (TPSA) is 84.5 Å². The third kappa shape index (κ3) is 6.92. The number of hydrogen-bond acceptors (Lipinski definition) is 6. The Bertz CT molecular complexity index is 1020. The van der Waals surface area contributed by atoms with Crippen molar-refractivity contribution in [2.45, 2.75) is 12.5 Å². The number of allylic oxidation sites excluding steroid dienone is 1. The molecule has 1 fully saturated rings. The summed E-state index contributed by atoms with van der Waals surface area (Å²) in [4.78, 5) is 35.9. The monoisotopic (exact) mass is 474 g/mol. The minimum atomic E-state index is -0.444. The Morgan fingerprint density at radius 3 is 2.61 bits per heavy atom. The van der Waals surface area contributed by atoms with Crippen molar-refractivity contribution in [3.8, 4) is 0 Å². The maximum atomic E-state index is 12.3. The molecule has 1 heterocycles. The molecule has 0 saturated carbocycles. The largest absolute Gasteiger partial charge is 0.464 e. The van der Waals surface area contributed by atoms with Crippen molar-refractivity contribution in [1.29, 1.82) is 0 Å². The highest BCUT2D eigenvalue weighted by Crippen LogP contribution is 2.17. The van der Waals surface area contributed by atoms with E-state index in [0.717, 1.165) is 17.3 Å². The maximum Gasteiger partial charge on any atom is 0.328 e. The van der Waals surface area contributed by atoms with Gasteiger partial charge in [0.2, 0.25) is 5.91 Å². The Kier molecular flexibility index (Phi) is 8.22. The highest BCUT2D eigenvalue weighted by molar-refractivity contribution is 8.23. The second-order valence-corrected chi connectivity index (χ2v) is 8.63. The molecule has 160 valence electrons. The third-order valence-corrected chi connectivity index (χ3v) is 5.94. The summed E-state index contributed by atoms with van der Waals surface area (Å²) in [5, 5.41) is 6.20. The van der Waals surface area contributed by atoms with E-state index in [1.54, 1.807) is 36.4 Å². The molecule has 2 aromatic carbocycles. The number of carbonyl (C=O) groups is 3. The number of rotatable bonds is 7. The van der Waals surface area contributed by atoms with Gasteiger partial charge in [0.25, 0.3) is 0 Å². The molecule has 3 rings (SSSR count). The first-order chi connectivity index (χ1) is 14.9. The highest BCUT2D eigenvalue weighted by atomic mass is 35.5. The van der Waals surface area contributed by atoms with Crippen LogP contribution in [0.25, 0.3) is 6.08 Å². The van der Waals surface area contributed by atoms with Crippen LogP contribution in [0, 0.1) is 0 Å². The molecule has 2 aromatic rings. The molecule has 0 aliphatic carbocycles. The summed E-state index contributed by atoms with van der Waals surface area (Å²) in [6.07, 6.45) is 3.68. The van der Waals surface area contributed by atoms with Crippen LogP contribution in [0.15, 0.2) is 54.6 Å². The Morgan fingerprint density at radius 1 is 1.19 bits per heavy atom. The Morgan fingerprint density at radius 2 is 1.94 bits per heavy atom. The summed E-state index contributed by atoms with van der Waals surface area (Å²) in [5.41, 5.74) is 1.82. The lowest BCUT2D eigenvalue weighted by atomic mass is 10.1. The summed E-state index contributed by atoms with van der Waals surface area (Å²) in [5.74, 6) is -0.658. The van der Waals surface area contributed by atoms with E-state index in [1.165, 1.54) is 6.08 Å². The van der Waals surface area contributed by atoms with Crippen LogP contribution in [0.1, 0.15) is 22.3 Å². The normalized spacial score (nSPS) is 15.5. The fourth-order valence-corrected chi connectivity index (χ4v) is 3.81. The second-order valence-electron chi connectivity index (χ2n) is 6.57. The van der Waals surface area contributed by atoms with Gasteiger partial charge in [0.15, 0.2) is 5.78 Å². The van der Waals surface area contributed by atoms with Gasteiger partial charge in [-0.2, -0.15) is 0 Å². The van der Waals surface area contributed by atoms with Gasteiger partial charge >= 0.3 is 5.97 Å². The van der Waals surface area contributed by atoms with Crippen molar-refractivity contribution in [2.24, 2.45) is 0 Å². The Balaban J connectivity index is 1.46. The van der Waals surface area contributed by atoms with Gasteiger partial charge in [-0.1, -0.05) is 53.8 Å². The van der Waals surface area contributed by atoms with Crippen molar-refractivity contribution >= 4 is 69.3 Å².